The standard InChI is InChI=1S/C24H28FN3O.C21H24FN3.C3H5ClO/c1-24(2,3)22(26-13-20-16-29-20)23-27-21(18-10-7-11-19(25)12-18)15-28(23)14-17-8-5-4-6-9-17;1-21(2,3)19(23)20-24-18(16-10-7-11-17(22)12-16)14-25(20)13-15-8-5-4-6-9-15;4-1-3-2-5-3/h4-12,15,20,22,26H,13-14,16H2,1-3H3;4-12,14,19H,13,23H2,1-3H3;3H,1-2H2/t20-,22-;19-;3-/m000/s1. The van der Waals surface area contributed by atoms with Crippen LogP contribution in [0.25, 0.3) is 22.5 Å². The maximum Gasteiger partial charge on any atom is 0.127 e. The second kappa shape index (κ2) is 19.6. The molecule has 0 amide bonds. The van der Waals surface area contributed by atoms with E-state index in [0.717, 1.165) is 53.9 Å². The number of epoxide rings is 2. The van der Waals surface area contributed by atoms with Crippen molar-refractivity contribution < 1.29 is 18.3 Å². The Balaban J connectivity index is 0.000000179. The summed E-state index contributed by atoms with van der Waals surface area (Å²) in [5, 5.41) is 3.66. The highest BCUT2D eigenvalue weighted by atomic mass is 35.5. The molecule has 2 aromatic heterocycles. The Kier molecular flexibility index (Phi) is 14.5. The molecule has 4 aromatic carbocycles. The van der Waals surface area contributed by atoms with Gasteiger partial charge >= 0.3 is 0 Å². The number of hydrogen-bond donors (Lipinski definition) is 2. The van der Waals surface area contributed by atoms with Crippen LogP contribution in [-0.2, 0) is 22.6 Å². The lowest BCUT2D eigenvalue weighted by Gasteiger charge is -2.31. The van der Waals surface area contributed by atoms with E-state index in [1.54, 1.807) is 12.1 Å². The monoisotopic (exact) mass is 822 g/mol. The third-order valence-electron chi connectivity index (χ3n) is 10.1. The molecule has 8 nitrogen and oxygen atoms in total. The Hall–Kier alpha value is -4.71. The van der Waals surface area contributed by atoms with Gasteiger partial charge in [0.25, 0.3) is 0 Å². The molecule has 0 unspecified atom stereocenters. The summed E-state index contributed by atoms with van der Waals surface area (Å²) in [5.74, 6) is 1.92. The number of nitrogens with two attached hydrogens (primary N) is 1. The Morgan fingerprint density at radius 1 is 0.678 bits per heavy atom. The molecule has 2 saturated heterocycles. The summed E-state index contributed by atoms with van der Waals surface area (Å²) >= 11 is 5.27. The largest absolute Gasteiger partial charge is 0.372 e. The van der Waals surface area contributed by atoms with Gasteiger partial charge in [-0.2, -0.15) is 0 Å². The van der Waals surface area contributed by atoms with Crippen LogP contribution < -0.4 is 11.1 Å². The molecule has 2 fully saturated rings. The molecule has 2 aliphatic rings. The van der Waals surface area contributed by atoms with Gasteiger partial charge < -0.3 is 29.7 Å². The fourth-order valence-corrected chi connectivity index (χ4v) is 6.67. The summed E-state index contributed by atoms with van der Waals surface area (Å²) < 4.78 is 41.8. The van der Waals surface area contributed by atoms with Gasteiger partial charge in [0, 0.05) is 43.2 Å². The van der Waals surface area contributed by atoms with Gasteiger partial charge in [0.15, 0.2) is 0 Å². The summed E-state index contributed by atoms with van der Waals surface area (Å²) in [7, 11) is 0. The number of nitrogens with zero attached hydrogens (tertiary/aromatic N) is 4. The summed E-state index contributed by atoms with van der Waals surface area (Å²) in [6.45, 7) is 16.8. The van der Waals surface area contributed by atoms with Crippen molar-refractivity contribution in [3.8, 4) is 22.5 Å². The fraction of sp³-hybridized carbons (Fsp3) is 0.375. The van der Waals surface area contributed by atoms with Crippen molar-refractivity contribution >= 4 is 11.6 Å². The number of halogens is 3. The molecule has 6 aromatic rings. The number of imidazole rings is 2. The van der Waals surface area contributed by atoms with Gasteiger partial charge in [-0.1, -0.05) is 126 Å². The molecule has 8 rings (SSSR count). The molecule has 0 aliphatic carbocycles. The first-order chi connectivity index (χ1) is 28.2. The Bertz CT molecular complexity index is 2220. The second-order valence-electron chi connectivity index (χ2n) is 17.3. The molecular weight excluding hydrogens is 766 g/mol. The van der Waals surface area contributed by atoms with Gasteiger partial charge in [0.05, 0.1) is 54.8 Å². The van der Waals surface area contributed by atoms with E-state index in [1.165, 1.54) is 35.4 Å². The second-order valence-corrected chi connectivity index (χ2v) is 17.6. The van der Waals surface area contributed by atoms with Gasteiger partial charge in [-0.25, -0.2) is 18.7 Å². The molecule has 4 atom stereocenters. The van der Waals surface area contributed by atoms with Crippen LogP contribution in [0.3, 0.4) is 0 Å². The van der Waals surface area contributed by atoms with E-state index in [1.807, 2.05) is 60.9 Å². The molecule has 312 valence electrons. The van der Waals surface area contributed by atoms with Crippen LogP contribution in [0.1, 0.15) is 76.4 Å². The molecule has 11 heteroatoms. The van der Waals surface area contributed by atoms with Crippen LogP contribution in [0.15, 0.2) is 122 Å². The first-order valence-corrected chi connectivity index (χ1v) is 20.7. The van der Waals surface area contributed by atoms with Crippen LogP contribution >= 0.6 is 11.6 Å². The average Bonchev–Trinajstić information content (AvgIpc) is 4.14. The highest BCUT2D eigenvalue weighted by Gasteiger charge is 2.33. The first-order valence-electron chi connectivity index (χ1n) is 20.2. The molecular formula is C48H57ClF2N6O2. The van der Waals surface area contributed by atoms with Crippen molar-refractivity contribution in [1.82, 2.24) is 24.4 Å². The molecule has 0 radical (unpaired) electrons. The summed E-state index contributed by atoms with van der Waals surface area (Å²) in [6, 6.07) is 33.5. The van der Waals surface area contributed by atoms with E-state index < -0.39 is 0 Å². The van der Waals surface area contributed by atoms with Crippen molar-refractivity contribution in [3.63, 3.8) is 0 Å². The van der Waals surface area contributed by atoms with E-state index in [2.05, 4.69) is 80.3 Å². The van der Waals surface area contributed by atoms with Crippen LogP contribution in [-0.4, -0.2) is 56.9 Å². The number of ether oxygens (including phenoxy) is 2. The molecule has 0 bridgehead atoms. The Labute approximate surface area is 352 Å². The minimum absolute atomic E-state index is 0.0396. The third kappa shape index (κ3) is 12.9. The molecule has 2 aliphatic heterocycles. The maximum atomic E-state index is 13.8. The molecule has 0 saturated carbocycles. The SMILES string of the molecule is CC(C)(C)[C@@H](N)c1nc(-c2cccc(F)c2)cn1Cc1ccccc1.CC(C)(C)[C@@H](NC[C@H]1CO1)c1nc(-c2cccc(F)c2)cn1Cc1ccccc1.ClC[C@H]1CO1. The zero-order chi connectivity index (χ0) is 42.2. The molecule has 59 heavy (non-hydrogen) atoms. The minimum atomic E-state index is -0.267. The van der Waals surface area contributed by atoms with Gasteiger partial charge in [0.2, 0.25) is 0 Å². The number of alkyl halides is 1. The number of nitrogens with one attached hydrogen (secondary N) is 1. The van der Waals surface area contributed by atoms with Gasteiger partial charge in [-0.3, -0.25) is 0 Å². The summed E-state index contributed by atoms with van der Waals surface area (Å²) in [4.78, 5) is 9.73. The Morgan fingerprint density at radius 2 is 1.14 bits per heavy atom. The van der Waals surface area contributed by atoms with E-state index >= 15 is 0 Å². The topological polar surface area (TPSA) is 98.8 Å². The number of benzene rings is 4. The maximum absolute atomic E-state index is 13.8. The molecule has 0 spiro atoms. The predicted octanol–water partition coefficient (Wildman–Crippen LogP) is 10.2. The summed E-state index contributed by atoms with van der Waals surface area (Å²) in [5.41, 5.74) is 11.8. The van der Waals surface area contributed by atoms with Gasteiger partial charge in [0.1, 0.15) is 23.3 Å². The van der Waals surface area contributed by atoms with Crippen LogP contribution in [0.5, 0.6) is 0 Å². The number of rotatable bonds is 12. The van der Waals surface area contributed by atoms with E-state index in [0.29, 0.717) is 31.2 Å². The van der Waals surface area contributed by atoms with Crippen molar-refractivity contribution in [2.24, 2.45) is 16.6 Å². The lowest BCUT2D eigenvalue weighted by molar-refractivity contribution is 0.248. The lowest BCUT2D eigenvalue weighted by atomic mass is 9.86. The highest BCUT2D eigenvalue weighted by molar-refractivity contribution is 6.18. The average molecular weight is 823 g/mol. The van der Waals surface area contributed by atoms with E-state index in [-0.39, 0.29) is 34.5 Å². The van der Waals surface area contributed by atoms with Gasteiger partial charge in [-0.05, 0) is 46.2 Å². The number of hydrogen-bond acceptors (Lipinski definition) is 6. The smallest absolute Gasteiger partial charge is 0.127 e. The summed E-state index contributed by atoms with van der Waals surface area (Å²) in [6.07, 6.45) is 4.69. The van der Waals surface area contributed by atoms with Crippen molar-refractivity contribution in [1.29, 1.82) is 0 Å². The Morgan fingerprint density at radius 3 is 1.53 bits per heavy atom. The van der Waals surface area contributed by atoms with Crippen molar-refractivity contribution in [2.75, 3.05) is 25.6 Å². The highest BCUT2D eigenvalue weighted by Crippen LogP contribution is 2.35. The lowest BCUT2D eigenvalue weighted by Crippen LogP contribution is -2.36. The quantitative estimate of drug-likeness (QED) is 0.0942. The molecule has 3 N–H and O–H groups in total. The van der Waals surface area contributed by atoms with E-state index in [9.17, 15) is 8.78 Å². The minimum Gasteiger partial charge on any atom is -0.372 e. The predicted molar refractivity (Wildman–Crippen MR) is 233 cm³/mol. The van der Waals surface area contributed by atoms with Crippen LogP contribution in [0.4, 0.5) is 8.78 Å². The first kappa shape index (κ1) is 43.9. The fourth-order valence-electron chi connectivity index (χ4n) is 6.49. The molecule has 4 heterocycles. The zero-order valence-electron chi connectivity index (χ0n) is 34.9. The van der Waals surface area contributed by atoms with E-state index in [4.69, 9.17) is 36.8 Å². The van der Waals surface area contributed by atoms with Crippen LogP contribution in [0, 0.1) is 22.5 Å². The van der Waals surface area contributed by atoms with Crippen molar-refractivity contribution in [2.45, 2.75) is 78.9 Å². The van der Waals surface area contributed by atoms with Crippen LogP contribution in [0.2, 0.25) is 0 Å². The third-order valence-corrected chi connectivity index (χ3v) is 10.5. The number of aromatic nitrogens is 4. The van der Waals surface area contributed by atoms with Gasteiger partial charge in [-0.15, -0.1) is 11.6 Å². The van der Waals surface area contributed by atoms with Crippen molar-refractivity contribution in [3.05, 3.63) is 156 Å². The zero-order valence-corrected chi connectivity index (χ0v) is 35.7. The normalized spacial score (nSPS) is 16.9.